The average molecular weight is 109 g/mol. The highest BCUT2D eigenvalue weighted by atomic mass is 16.5. The molecule has 0 atom stereocenters. The van der Waals surface area contributed by atoms with Gasteiger partial charge in [0.2, 0.25) is 0 Å². The summed E-state index contributed by atoms with van der Waals surface area (Å²) < 4.78 is 4.84. The third kappa shape index (κ3) is 5.26. The van der Waals surface area contributed by atoms with Gasteiger partial charge in [0.05, 0.1) is 6.61 Å². The van der Waals surface area contributed by atoms with Gasteiger partial charge < -0.3 is 4.74 Å². The minimum Gasteiger partial charge on any atom is -0.377 e. The molecule has 0 bridgehead atoms. The van der Waals surface area contributed by atoms with Crippen molar-refractivity contribution in [2.45, 2.75) is 0 Å². The van der Waals surface area contributed by atoms with Crippen molar-refractivity contribution >= 4 is 0 Å². The maximum Gasteiger partial charge on any atom is 0.0656 e. The zero-order chi connectivity index (χ0) is 6.24. The van der Waals surface area contributed by atoms with E-state index in [2.05, 4.69) is 12.8 Å². The van der Waals surface area contributed by atoms with Gasteiger partial charge in [-0.05, 0) is 13.0 Å². The SMILES string of the molecule is C#CC=CCOC[CH2]. The quantitative estimate of drug-likeness (QED) is 0.388. The van der Waals surface area contributed by atoms with Gasteiger partial charge >= 0.3 is 0 Å². The first-order valence-electron chi connectivity index (χ1n) is 2.40. The minimum absolute atomic E-state index is 0.495. The number of hydrogen-bond acceptors (Lipinski definition) is 1. The van der Waals surface area contributed by atoms with Crippen LogP contribution in [-0.4, -0.2) is 13.2 Å². The Balaban J connectivity index is 2.94. The van der Waals surface area contributed by atoms with Gasteiger partial charge in [0.1, 0.15) is 0 Å². The lowest BCUT2D eigenvalue weighted by molar-refractivity contribution is 0.192. The van der Waals surface area contributed by atoms with Crippen LogP contribution in [0, 0.1) is 19.3 Å². The highest BCUT2D eigenvalue weighted by Crippen LogP contribution is 1.73. The van der Waals surface area contributed by atoms with Crippen LogP contribution >= 0.6 is 0 Å². The number of ether oxygens (including phenoxy) is 1. The van der Waals surface area contributed by atoms with Crippen molar-refractivity contribution in [2.75, 3.05) is 13.2 Å². The van der Waals surface area contributed by atoms with Crippen LogP contribution in [0.25, 0.3) is 0 Å². The summed E-state index contributed by atoms with van der Waals surface area (Å²) in [5.74, 6) is 2.35. The van der Waals surface area contributed by atoms with Crippen molar-refractivity contribution in [1.29, 1.82) is 0 Å². The number of rotatable bonds is 3. The second-order valence-electron chi connectivity index (χ2n) is 1.14. The van der Waals surface area contributed by atoms with Crippen LogP contribution in [0.2, 0.25) is 0 Å². The van der Waals surface area contributed by atoms with E-state index in [9.17, 15) is 0 Å². The third-order valence-electron chi connectivity index (χ3n) is 0.572. The van der Waals surface area contributed by atoms with E-state index < -0.39 is 0 Å². The van der Waals surface area contributed by atoms with E-state index in [1.165, 1.54) is 0 Å². The minimum atomic E-state index is 0.495. The Morgan fingerprint density at radius 1 is 1.75 bits per heavy atom. The maximum atomic E-state index is 4.90. The van der Waals surface area contributed by atoms with Gasteiger partial charge in [-0.3, -0.25) is 0 Å². The summed E-state index contributed by atoms with van der Waals surface area (Å²) in [5.41, 5.74) is 0. The van der Waals surface area contributed by atoms with E-state index in [1.807, 2.05) is 0 Å². The number of hydrogen-bond donors (Lipinski definition) is 0. The molecule has 8 heavy (non-hydrogen) atoms. The van der Waals surface area contributed by atoms with Crippen molar-refractivity contribution in [3.05, 3.63) is 19.1 Å². The number of allylic oxidation sites excluding steroid dienone is 1. The van der Waals surface area contributed by atoms with E-state index in [0.29, 0.717) is 13.2 Å². The Morgan fingerprint density at radius 2 is 2.50 bits per heavy atom. The summed E-state index contributed by atoms with van der Waals surface area (Å²) in [4.78, 5) is 0. The molecule has 1 nitrogen and oxygen atoms in total. The van der Waals surface area contributed by atoms with Crippen LogP contribution in [0.4, 0.5) is 0 Å². The molecule has 0 heterocycles. The van der Waals surface area contributed by atoms with Gasteiger partial charge in [0.25, 0.3) is 0 Å². The molecular weight excluding hydrogens is 100 g/mol. The van der Waals surface area contributed by atoms with Crippen molar-refractivity contribution in [1.82, 2.24) is 0 Å². The van der Waals surface area contributed by atoms with Crippen LogP contribution in [0.5, 0.6) is 0 Å². The Bertz CT molecular complexity index is 97.4. The maximum absolute atomic E-state index is 4.90. The fraction of sp³-hybridized carbons (Fsp3) is 0.286. The van der Waals surface area contributed by atoms with E-state index in [4.69, 9.17) is 11.2 Å². The predicted molar refractivity (Wildman–Crippen MR) is 34.1 cm³/mol. The zero-order valence-corrected chi connectivity index (χ0v) is 4.76. The van der Waals surface area contributed by atoms with E-state index in [-0.39, 0.29) is 0 Å². The largest absolute Gasteiger partial charge is 0.377 e. The fourth-order valence-electron chi connectivity index (χ4n) is 0.268. The van der Waals surface area contributed by atoms with Crippen molar-refractivity contribution in [2.24, 2.45) is 0 Å². The summed E-state index contributed by atoms with van der Waals surface area (Å²) in [7, 11) is 0. The second-order valence-corrected chi connectivity index (χ2v) is 1.14. The summed E-state index contributed by atoms with van der Waals surface area (Å²) in [6.45, 7) is 4.53. The van der Waals surface area contributed by atoms with E-state index in [1.54, 1.807) is 12.2 Å². The van der Waals surface area contributed by atoms with E-state index in [0.717, 1.165) is 0 Å². The molecule has 0 fully saturated rings. The van der Waals surface area contributed by atoms with Gasteiger partial charge in [-0.25, -0.2) is 0 Å². The normalized spacial score (nSPS) is 9.50. The van der Waals surface area contributed by atoms with Gasteiger partial charge in [-0.15, -0.1) is 6.42 Å². The first-order valence-corrected chi connectivity index (χ1v) is 2.40. The Morgan fingerprint density at radius 3 is 3.00 bits per heavy atom. The molecule has 0 aromatic heterocycles. The molecule has 0 rings (SSSR count). The van der Waals surface area contributed by atoms with Crippen LogP contribution in [0.1, 0.15) is 0 Å². The summed E-state index contributed by atoms with van der Waals surface area (Å²) in [5, 5.41) is 0. The molecule has 0 aliphatic carbocycles. The molecule has 0 aromatic rings. The fourth-order valence-corrected chi connectivity index (χ4v) is 0.268. The van der Waals surface area contributed by atoms with Gasteiger partial charge in [-0.2, -0.15) is 0 Å². The molecule has 0 amide bonds. The van der Waals surface area contributed by atoms with Crippen LogP contribution in [0.3, 0.4) is 0 Å². The molecule has 1 heteroatoms. The molecule has 0 aliphatic rings. The highest BCUT2D eigenvalue weighted by molar-refractivity contribution is 5.08. The van der Waals surface area contributed by atoms with Gasteiger partial charge in [0.15, 0.2) is 0 Å². The van der Waals surface area contributed by atoms with Crippen LogP contribution < -0.4 is 0 Å². The molecule has 1 radical (unpaired) electrons. The average Bonchev–Trinajstić information content (AvgIpc) is 1.81. The summed E-state index contributed by atoms with van der Waals surface area (Å²) >= 11 is 0. The van der Waals surface area contributed by atoms with Crippen molar-refractivity contribution < 1.29 is 4.74 Å². The Kier molecular flexibility index (Phi) is 5.68. The first-order chi connectivity index (χ1) is 3.91. The molecule has 0 saturated carbocycles. The summed E-state index contributed by atoms with van der Waals surface area (Å²) in [6, 6.07) is 0. The van der Waals surface area contributed by atoms with Crippen LogP contribution in [0.15, 0.2) is 12.2 Å². The van der Waals surface area contributed by atoms with Crippen molar-refractivity contribution in [3.63, 3.8) is 0 Å². The van der Waals surface area contributed by atoms with Gasteiger partial charge in [-0.1, -0.05) is 12.0 Å². The van der Waals surface area contributed by atoms with Crippen LogP contribution in [-0.2, 0) is 4.74 Å². The summed E-state index contributed by atoms with van der Waals surface area (Å²) in [6.07, 6.45) is 8.28. The Hall–Kier alpha value is -0.740. The third-order valence-corrected chi connectivity index (χ3v) is 0.572. The molecule has 0 N–H and O–H groups in total. The lowest BCUT2D eigenvalue weighted by Gasteiger charge is -1.89. The standard InChI is InChI=1S/C7H9O/c1-3-5-6-7-8-4-2/h1,5-6H,2,4,7H2. The predicted octanol–water partition coefficient (Wildman–Crippen LogP) is 1.03. The lowest BCUT2D eigenvalue weighted by atomic mass is 10.5. The zero-order valence-electron chi connectivity index (χ0n) is 4.76. The molecular formula is C7H9O. The Labute approximate surface area is 50.4 Å². The molecule has 0 spiro atoms. The molecule has 0 unspecified atom stereocenters. The van der Waals surface area contributed by atoms with Gasteiger partial charge in [0, 0.05) is 6.61 Å². The molecule has 0 aliphatic heterocycles. The molecule has 0 aromatic carbocycles. The lowest BCUT2D eigenvalue weighted by Crippen LogP contribution is -1.87. The smallest absolute Gasteiger partial charge is 0.0656 e. The monoisotopic (exact) mass is 109 g/mol. The second kappa shape index (κ2) is 6.26. The highest BCUT2D eigenvalue weighted by Gasteiger charge is 1.71. The first kappa shape index (κ1) is 7.26. The van der Waals surface area contributed by atoms with E-state index >= 15 is 0 Å². The van der Waals surface area contributed by atoms with Crippen molar-refractivity contribution in [3.8, 4) is 12.3 Å². The topological polar surface area (TPSA) is 9.23 Å². The molecule has 0 saturated heterocycles. The molecule has 43 valence electrons. The number of terminal acetylenes is 1.